The number of nitrogens with one attached hydrogen (secondary N) is 2. The van der Waals surface area contributed by atoms with Gasteiger partial charge in [0, 0.05) is 5.56 Å². The molecule has 0 fully saturated rings. The number of nitrogens with zero attached hydrogens (tertiary/aromatic N) is 1. The number of halogens is 1. The number of rotatable bonds is 4. The third-order valence-corrected chi connectivity index (χ3v) is 5.07. The van der Waals surface area contributed by atoms with Crippen LogP contribution in [0, 0.1) is 5.82 Å². The molecule has 4 aromatic rings. The second-order valence-electron chi connectivity index (χ2n) is 8.50. The SMILES string of the molecule is CC(C)(C)c1ccc2nc(/C(=C\c3ccc(F)cc3)NC(=O)c3ccccc3)[nH]c2c1. The number of carbonyl (C=O) groups is 1. The van der Waals surface area contributed by atoms with Crippen molar-refractivity contribution in [3.8, 4) is 0 Å². The lowest BCUT2D eigenvalue weighted by Crippen LogP contribution is -2.22. The first-order valence-electron chi connectivity index (χ1n) is 10.1. The summed E-state index contributed by atoms with van der Waals surface area (Å²) in [5, 5.41) is 2.95. The number of imidazole rings is 1. The summed E-state index contributed by atoms with van der Waals surface area (Å²) in [6, 6.07) is 21.2. The Balaban J connectivity index is 1.76. The lowest BCUT2D eigenvalue weighted by Gasteiger charge is -2.18. The molecule has 0 aliphatic rings. The van der Waals surface area contributed by atoms with Gasteiger partial charge in [-0.1, -0.05) is 57.2 Å². The number of hydrogen-bond donors (Lipinski definition) is 2. The van der Waals surface area contributed by atoms with Crippen LogP contribution in [-0.4, -0.2) is 15.9 Å². The highest BCUT2D eigenvalue weighted by atomic mass is 19.1. The van der Waals surface area contributed by atoms with E-state index >= 15 is 0 Å². The Morgan fingerprint density at radius 1 is 1.00 bits per heavy atom. The van der Waals surface area contributed by atoms with Crippen LogP contribution in [0.4, 0.5) is 4.39 Å². The fourth-order valence-corrected chi connectivity index (χ4v) is 3.28. The van der Waals surface area contributed by atoms with Crippen molar-refractivity contribution in [1.29, 1.82) is 0 Å². The van der Waals surface area contributed by atoms with Crippen molar-refractivity contribution < 1.29 is 9.18 Å². The van der Waals surface area contributed by atoms with E-state index in [1.165, 1.54) is 17.7 Å². The van der Waals surface area contributed by atoms with E-state index in [-0.39, 0.29) is 17.1 Å². The summed E-state index contributed by atoms with van der Waals surface area (Å²) in [5.74, 6) is -0.0232. The first-order valence-corrected chi connectivity index (χ1v) is 10.1. The predicted octanol–water partition coefficient (Wildman–Crippen LogP) is 5.93. The second kappa shape index (κ2) is 8.19. The van der Waals surface area contributed by atoms with Gasteiger partial charge in [0.1, 0.15) is 5.82 Å². The molecule has 0 saturated heterocycles. The Morgan fingerprint density at radius 3 is 2.39 bits per heavy atom. The van der Waals surface area contributed by atoms with Crippen LogP contribution in [0.2, 0.25) is 0 Å². The minimum absolute atomic E-state index is 0.00771. The molecule has 0 radical (unpaired) electrons. The van der Waals surface area contributed by atoms with Gasteiger partial charge in [-0.25, -0.2) is 9.37 Å². The molecule has 0 atom stereocenters. The minimum atomic E-state index is -0.314. The van der Waals surface area contributed by atoms with Crippen molar-refractivity contribution in [2.24, 2.45) is 0 Å². The third kappa shape index (κ3) is 4.72. The predicted molar refractivity (Wildman–Crippen MR) is 123 cm³/mol. The maximum atomic E-state index is 13.3. The summed E-state index contributed by atoms with van der Waals surface area (Å²) < 4.78 is 13.3. The van der Waals surface area contributed by atoms with Crippen molar-refractivity contribution in [3.63, 3.8) is 0 Å². The van der Waals surface area contributed by atoms with Crippen LogP contribution in [0.3, 0.4) is 0 Å². The first-order chi connectivity index (χ1) is 14.8. The van der Waals surface area contributed by atoms with E-state index in [1.54, 1.807) is 30.3 Å². The van der Waals surface area contributed by atoms with Crippen LogP contribution < -0.4 is 5.32 Å². The van der Waals surface area contributed by atoms with Crippen LogP contribution in [0.25, 0.3) is 22.8 Å². The Hall–Kier alpha value is -3.73. The van der Waals surface area contributed by atoms with E-state index in [0.717, 1.165) is 16.6 Å². The molecule has 0 aliphatic carbocycles. The number of fused-ring (bicyclic) bond motifs is 1. The van der Waals surface area contributed by atoms with Gasteiger partial charge in [0.2, 0.25) is 0 Å². The lowest BCUT2D eigenvalue weighted by atomic mass is 9.87. The molecule has 1 amide bonds. The highest BCUT2D eigenvalue weighted by Crippen LogP contribution is 2.26. The van der Waals surface area contributed by atoms with Gasteiger partial charge in [-0.05, 0) is 59.0 Å². The van der Waals surface area contributed by atoms with Crippen molar-refractivity contribution in [1.82, 2.24) is 15.3 Å². The monoisotopic (exact) mass is 413 g/mol. The topological polar surface area (TPSA) is 57.8 Å². The summed E-state index contributed by atoms with van der Waals surface area (Å²) in [6.07, 6.45) is 1.78. The van der Waals surface area contributed by atoms with E-state index in [2.05, 4.69) is 48.2 Å². The Kier molecular flexibility index (Phi) is 5.42. The zero-order valence-corrected chi connectivity index (χ0v) is 17.7. The average molecular weight is 413 g/mol. The van der Waals surface area contributed by atoms with Gasteiger partial charge in [-0.2, -0.15) is 0 Å². The average Bonchev–Trinajstić information content (AvgIpc) is 3.18. The molecule has 4 nitrogen and oxygen atoms in total. The number of carbonyl (C=O) groups excluding carboxylic acids is 1. The third-order valence-electron chi connectivity index (χ3n) is 5.07. The number of hydrogen-bond acceptors (Lipinski definition) is 2. The molecule has 31 heavy (non-hydrogen) atoms. The van der Waals surface area contributed by atoms with Gasteiger partial charge >= 0.3 is 0 Å². The zero-order chi connectivity index (χ0) is 22.0. The highest BCUT2D eigenvalue weighted by Gasteiger charge is 2.17. The lowest BCUT2D eigenvalue weighted by molar-refractivity contribution is 0.0973. The molecular weight excluding hydrogens is 389 g/mol. The first kappa shape index (κ1) is 20.5. The van der Waals surface area contributed by atoms with Gasteiger partial charge in [-0.3, -0.25) is 4.79 Å². The molecule has 2 N–H and O–H groups in total. The summed E-state index contributed by atoms with van der Waals surface area (Å²) in [4.78, 5) is 20.8. The highest BCUT2D eigenvalue weighted by molar-refractivity contribution is 6.01. The Bertz CT molecular complexity index is 1250. The number of aromatic nitrogens is 2. The molecule has 0 spiro atoms. The van der Waals surface area contributed by atoms with E-state index < -0.39 is 0 Å². The smallest absolute Gasteiger partial charge is 0.255 e. The van der Waals surface area contributed by atoms with Crippen molar-refractivity contribution in [2.75, 3.05) is 0 Å². The van der Waals surface area contributed by atoms with Crippen LogP contribution in [0.15, 0.2) is 72.8 Å². The zero-order valence-electron chi connectivity index (χ0n) is 17.7. The van der Waals surface area contributed by atoms with E-state index in [4.69, 9.17) is 0 Å². The van der Waals surface area contributed by atoms with E-state index in [0.29, 0.717) is 17.1 Å². The Labute approximate surface area is 180 Å². The largest absolute Gasteiger partial charge is 0.337 e. The second-order valence-corrected chi connectivity index (χ2v) is 8.50. The van der Waals surface area contributed by atoms with E-state index in [9.17, 15) is 9.18 Å². The Morgan fingerprint density at radius 2 is 1.71 bits per heavy atom. The number of aromatic amines is 1. The quantitative estimate of drug-likeness (QED) is 0.436. The molecule has 0 aliphatic heterocycles. The van der Waals surface area contributed by atoms with Crippen molar-refractivity contribution >= 4 is 28.7 Å². The minimum Gasteiger partial charge on any atom is -0.337 e. The normalized spacial score (nSPS) is 12.2. The van der Waals surface area contributed by atoms with Crippen molar-refractivity contribution in [2.45, 2.75) is 26.2 Å². The summed E-state index contributed by atoms with van der Waals surface area (Å²) in [7, 11) is 0. The molecule has 1 heterocycles. The molecule has 5 heteroatoms. The molecule has 156 valence electrons. The number of amides is 1. The summed E-state index contributed by atoms with van der Waals surface area (Å²) in [6.45, 7) is 6.47. The molecule has 0 saturated carbocycles. The van der Waals surface area contributed by atoms with Gasteiger partial charge in [0.15, 0.2) is 5.82 Å². The van der Waals surface area contributed by atoms with Gasteiger partial charge in [-0.15, -0.1) is 0 Å². The molecular formula is C26H24FN3O. The van der Waals surface area contributed by atoms with Gasteiger partial charge in [0.25, 0.3) is 5.91 Å². The van der Waals surface area contributed by atoms with E-state index in [1.807, 2.05) is 24.3 Å². The summed E-state index contributed by atoms with van der Waals surface area (Å²) in [5.41, 5.74) is 4.69. The fourth-order valence-electron chi connectivity index (χ4n) is 3.28. The van der Waals surface area contributed by atoms with Crippen LogP contribution >= 0.6 is 0 Å². The number of benzene rings is 3. The van der Waals surface area contributed by atoms with Crippen molar-refractivity contribution in [3.05, 3.63) is 101 Å². The maximum Gasteiger partial charge on any atom is 0.255 e. The molecule has 0 unspecified atom stereocenters. The number of H-pyrrole nitrogens is 1. The van der Waals surface area contributed by atoms with Crippen LogP contribution in [0.5, 0.6) is 0 Å². The van der Waals surface area contributed by atoms with Crippen LogP contribution in [-0.2, 0) is 5.41 Å². The summed E-state index contributed by atoms with van der Waals surface area (Å²) >= 11 is 0. The molecule has 4 rings (SSSR count). The van der Waals surface area contributed by atoms with Crippen LogP contribution in [0.1, 0.15) is 48.1 Å². The van der Waals surface area contributed by atoms with Gasteiger partial charge < -0.3 is 10.3 Å². The maximum absolute atomic E-state index is 13.3. The molecule has 1 aromatic heterocycles. The fraction of sp³-hybridized carbons (Fsp3) is 0.154. The standard InChI is InChI=1S/C26H24FN3O/c1-26(2,3)19-11-14-21-22(16-19)29-24(28-21)23(15-17-9-12-20(27)13-10-17)30-25(31)18-7-5-4-6-8-18/h4-16H,1-3H3,(H,28,29)(H,30,31)/b23-15+. The molecule has 0 bridgehead atoms. The molecule has 3 aromatic carbocycles. The van der Waals surface area contributed by atoms with Gasteiger partial charge in [0.05, 0.1) is 16.7 Å².